The molecule has 0 spiro atoms. The summed E-state index contributed by atoms with van der Waals surface area (Å²) in [5.41, 5.74) is 3.83. The van der Waals surface area contributed by atoms with E-state index in [1.807, 2.05) is 66.3 Å². The molecule has 6 heteroatoms. The molecule has 0 aliphatic carbocycles. The van der Waals surface area contributed by atoms with E-state index in [-0.39, 0.29) is 11.8 Å². The minimum atomic E-state index is -0.416. The van der Waals surface area contributed by atoms with Crippen molar-refractivity contribution < 1.29 is 9.59 Å². The summed E-state index contributed by atoms with van der Waals surface area (Å²) in [5, 5.41) is 7.61. The summed E-state index contributed by atoms with van der Waals surface area (Å²) in [7, 11) is 0. The predicted octanol–water partition coefficient (Wildman–Crippen LogP) is 3.35. The molecule has 158 valence electrons. The van der Waals surface area contributed by atoms with Crippen molar-refractivity contribution >= 4 is 17.9 Å². The molecule has 6 nitrogen and oxygen atoms in total. The first kappa shape index (κ1) is 20.6. The lowest BCUT2D eigenvalue weighted by Gasteiger charge is -2.33. The lowest BCUT2D eigenvalue weighted by atomic mass is 10.1. The van der Waals surface area contributed by atoms with Gasteiger partial charge >= 0.3 is 0 Å². The number of hydrogen-bond acceptors (Lipinski definition) is 3. The van der Waals surface area contributed by atoms with E-state index in [0.717, 1.165) is 22.4 Å². The van der Waals surface area contributed by atoms with E-state index in [4.69, 9.17) is 5.10 Å². The SMILES string of the molecule is CCC1C(=O)NCCN1C(=O)C=Cc1cn(Cc2ccccc2)nc1-c1ccccc1. The largest absolute Gasteiger partial charge is 0.353 e. The molecule has 2 amide bonds. The fourth-order valence-electron chi connectivity index (χ4n) is 3.87. The van der Waals surface area contributed by atoms with Crippen LogP contribution in [0, 0.1) is 0 Å². The molecule has 3 aromatic rings. The van der Waals surface area contributed by atoms with Crippen LogP contribution in [-0.2, 0) is 16.1 Å². The zero-order chi connectivity index (χ0) is 21.6. The molecule has 1 aromatic heterocycles. The van der Waals surface area contributed by atoms with E-state index in [1.165, 1.54) is 0 Å². The first-order valence-electron chi connectivity index (χ1n) is 10.6. The fraction of sp³-hybridized carbons (Fsp3) is 0.240. The van der Waals surface area contributed by atoms with E-state index < -0.39 is 6.04 Å². The van der Waals surface area contributed by atoms with Gasteiger partial charge in [0.15, 0.2) is 0 Å². The van der Waals surface area contributed by atoms with Gasteiger partial charge in [0, 0.05) is 36.5 Å². The number of benzene rings is 2. The number of aromatic nitrogens is 2. The molecule has 4 rings (SSSR count). The van der Waals surface area contributed by atoms with Crippen LogP contribution in [0.4, 0.5) is 0 Å². The number of rotatable bonds is 6. The minimum absolute atomic E-state index is 0.0869. The maximum Gasteiger partial charge on any atom is 0.247 e. The highest BCUT2D eigenvalue weighted by Gasteiger charge is 2.30. The van der Waals surface area contributed by atoms with E-state index in [2.05, 4.69) is 17.4 Å². The van der Waals surface area contributed by atoms with Gasteiger partial charge in [-0.1, -0.05) is 67.6 Å². The van der Waals surface area contributed by atoms with Crippen LogP contribution in [0.2, 0.25) is 0 Å². The van der Waals surface area contributed by atoms with Gasteiger partial charge in [-0.3, -0.25) is 14.3 Å². The van der Waals surface area contributed by atoms with Crippen LogP contribution in [0.25, 0.3) is 17.3 Å². The lowest BCUT2D eigenvalue weighted by Crippen LogP contribution is -2.56. The molecule has 1 N–H and O–H groups in total. The smallest absolute Gasteiger partial charge is 0.247 e. The first-order chi connectivity index (χ1) is 15.2. The Bertz CT molecular complexity index is 1070. The van der Waals surface area contributed by atoms with Crippen molar-refractivity contribution in [3.05, 3.63) is 84.1 Å². The van der Waals surface area contributed by atoms with Gasteiger partial charge in [-0.05, 0) is 18.1 Å². The predicted molar refractivity (Wildman–Crippen MR) is 121 cm³/mol. The Morgan fingerprint density at radius 1 is 1.13 bits per heavy atom. The van der Waals surface area contributed by atoms with Crippen molar-refractivity contribution in [2.45, 2.75) is 25.9 Å². The van der Waals surface area contributed by atoms with E-state index in [1.54, 1.807) is 17.1 Å². The number of carbonyl (C=O) groups excluding carboxylic acids is 2. The molecule has 2 heterocycles. The monoisotopic (exact) mass is 414 g/mol. The summed E-state index contributed by atoms with van der Waals surface area (Å²) >= 11 is 0. The van der Waals surface area contributed by atoms with Crippen molar-refractivity contribution in [2.24, 2.45) is 0 Å². The highest BCUT2D eigenvalue weighted by Crippen LogP contribution is 2.24. The van der Waals surface area contributed by atoms with Crippen LogP contribution in [0.15, 0.2) is 72.9 Å². The zero-order valence-electron chi connectivity index (χ0n) is 17.6. The van der Waals surface area contributed by atoms with Gasteiger partial charge in [-0.15, -0.1) is 0 Å². The molecule has 1 aliphatic rings. The Kier molecular flexibility index (Phi) is 6.26. The van der Waals surface area contributed by atoms with E-state index in [9.17, 15) is 9.59 Å². The molecular formula is C25H26N4O2. The first-order valence-corrected chi connectivity index (χ1v) is 10.6. The average molecular weight is 415 g/mol. The Balaban J connectivity index is 1.61. The fourth-order valence-corrected chi connectivity index (χ4v) is 3.87. The molecule has 1 fully saturated rings. The van der Waals surface area contributed by atoms with Crippen molar-refractivity contribution in [3.8, 4) is 11.3 Å². The lowest BCUT2D eigenvalue weighted by molar-refractivity contribution is -0.140. The van der Waals surface area contributed by atoms with Gasteiger partial charge in [-0.2, -0.15) is 5.10 Å². The van der Waals surface area contributed by atoms with Crippen molar-refractivity contribution in [1.82, 2.24) is 20.0 Å². The Morgan fingerprint density at radius 2 is 1.84 bits per heavy atom. The summed E-state index contributed by atoms with van der Waals surface area (Å²) < 4.78 is 1.89. The van der Waals surface area contributed by atoms with Gasteiger partial charge in [0.25, 0.3) is 0 Å². The number of carbonyl (C=O) groups is 2. The number of nitrogens with one attached hydrogen (secondary N) is 1. The number of nitrogens with zero attached hydrogens (tertiary/aromatic N) is 3. The molecule has 1 saturated heterocycles. The van der Waals surface area contributed by atoms with E-state index >= 15 is 0 Å². The van der Waals surface area contributed by atoms with Gasteiger partial charge in [0.2, 0.25) is 11.8 Å². The molecule has 1 aliphatic heterocycles. The summed E-state index contributed by atoms with van der Waals surface area (Å²) in [6, 6.07) is 19.7. The maximum absolute atomic E-state index is 12.9. The summed E-state index contributed by atoms with van der Waals surface area (Å²) in [6.07, 6.45) is 5.91. The maximum atomic E-state index is 12.9. The van der Waals surface area contributed by atoms with Crippen LogP contribution in [0.3, 0.4) is 0 Å². The van der Waals surface area contributed by atoms with E-state index in [0.29, 0.717) is 26.1 Å². The quantitative estimate of drug-likeness (QED) is 0.629. The van der Waals surface area contributed by atoms with Crippen LogP contribution < -0.4 is 5.32 Å². The molecular weight excluding hydrogens is 388 g/mol. The molecule has 1 atom stereocenters. The molecule has 0 saturated carbocycles. The highest BCUT2D eigenvalue weighted by atomic mass is 16.2. The molecule has 0 bridgehead atoms. The standard InChI is InChI=1S/C25H26N4O2/c1-2-22-25(31)26-15-16-29(22)23(30)14-13-21-18-28(17-19-9-5-3-6-10-19)27-24(21)20-11-7-4-8-12-20/h3-14,18,22H,2,15-17H2,1H3,(H,26,31). The van der Waals surface area contributed by atoms with Crippen molar-refractivity contribution in [2.75, 3.05) is 13.1 Å². The summed E-state index contributed by atoms with van der Waals surface area (Å²) in [4.78, 5) is 26.6. The molecule has 31 heavy (non-hydrogen) atoms. The summed E-state index contributed by atoms with van der Waals surface area (Å²) in [6.45, 7) is 3.57. The topological polar surface area (TPSA) is 67.2 Å². The summed E-state index contributed by atoms with van der Waals surface area (Å²) in [5.74, 6) is -0.243. The minimum Gasteiger partial charge on any atom is -0.353 e. The van der Waals surface area contributed by atoms with Crippen molar-refractivity contribution in [1.29, 1.82) is 0 Å². The number of piperazine rings is 1. The average Bonchev–Trinajstić information content (AvgIpc) is 3.21. The third-order valence-electron chi connectivity index (χ3n) is 5.43. The Labute approximate surface area is 182 Å². The highest BCUT2D eigenvalue weighted by molar-refractivity contribution is 5.96. The molecule has 0 radical (unpaired) electrons. The van der Waals surface area contributed by atoms with Crippen molar-refractivity contribution in [3.63, 3.8) is 0 Å². The van der Waals surface area contributed by atoms with Gasteiger partial charge in [0.05, 0.1) is 12.2 Å². The van der Waals surface area contributed by atoms with Crippen LogP contribution >= 0.6 is 0 Å². The molecule has 1 unspecified atom stereocenters. The van der Waals surface area contributed by atoms with Gasteiger partial charge in [-0.25, -0.2) is 0 Å². The second-order valence-electron chi connectivity index (χ2n) is 7.56. The third kappa shape index (κ3) is 4.74. The zero-order valence-corrected chi connectivity index (χ0v) is 17.6. The van der Waals surface area contributed by atoms with Gasteiger partial charge < -0.3 is 10.2 Å². The third-order valence-corrected chi connectivity index (χ3v) is 5.43. The normalized spacial score (nSPS) is 16.5. The second-order valence-corrected chi connectivity index (χ2v) is 7.56. The number of hydrogen-bond donors (Lipinski definition) is 1. The molecule has 2 aromatic carbocycles. The second kappa shape index (κ2) is 9.43. The number of amides is 2. The van der Waals surface area contributed by atoms with Crippen LogP contribution in [0.5, 0.6) is 0 Å². The Morgan fingerprint density at radius 3 is 2.55 bits per heavy atom. The Hall–Kier alpha value is -3.67. The van der Waals surface area contributed by atoms with Crippen LogP contribution in [-0.4, -0.2) is 45.6 Å². The van der Waals surface area contributed by atoms with Crippen LogP contribution in [0.1, 0.15) is 24.5 Å². The van der Waals surface area contributed by atoms with Gasteiger partial charge in [0.1, 0.15) is 6.04 Å².